The molecule has 1 unspecified atom stereocenters. The van der Waals surface area contributed by atoms with Gasteiger partial charge >= 0.3 is 0 Å². The van der Waals surface area contributed by atoms with E-state index in [9.17, 15) is 5.11 Å². The summed E-state index contributed by atoms with van der Waals surface area (Å²) in [6, 6.07) is 23.5. The van der Waals surface area contributed by atoms with Crippen molar-refractivity contribution in [1.82, 2.24) is 4.90 Å². The molecule has 0 saturated carbocycles. The van der Waals surface area contributed by atoms with Crippen LogP contribution in [0.5, 0.6) is 5.75 Å². The monoisotopic (exact) mass is 433 g/mol. The standard InChI is InChI=1S/C27H28ClNO2/c1-21-4-8-23(9-5-21)27(30,20-22-6-12-25(28)13-7-22)24-10-14-26(15-11-24)31-19-18-29-16-2-3-17-29/h2-15,30H,16-20H2,1H3. The fraction of sp³-hybridized carbons (Fsp3) is 0.259. The molecule has 1 aliphatic rings. The summed E-state index contributed by atoms with van der Waals surface area (Å²) in [5.74, 6) is 0.814. The van der Waals surface area contributed by atoms with Gasteiger partial charge in [0.15, 0.2) is 0 Å². The second-order valence-corrected chi connectivity index (χ2v) is 8.57. The van der Waals surface area contributed by atoms with Gasteiger partial charge in [-0.25, -0.2) is 0 Å². The van der Waals surface area contributed by atoms with Crippen LogP contribution in [0.1, 0.15) is 22.3 Å². The number of aryl methyl sites for hydroxylation is 1. The second kappa shape index (κ2) is 9.69. The quantitative estimate of drug-likeness (QED) is 0.484. The van der Waals surface area contributed by atoms with E-state index in [-0.39, 0.29) is 0 Å². The lowest BCUT2D eigenvalue weighted by atomic mass is 9.81. The van der Waals surface area contributed by atoms with Crippen molar-refractivity contribution >= 4 is 11.6 Å². The molecule has 1 aliphatic heterocycles. The van der Waals surface area contributed by atoms with Crippen molar-refractivity contribution in [2.75, 3.05) is 26.2 Å². The molecule has 0 amide bonds. The molecular formula is C27H28ClNO2. The van der Waals surface area contributed by atoms with Crippen molar-refractivity contribution in [3.63, 3.8) is 0 Å². The molecule has 3 aromatic carbocycles. The molecule has 0 fully saturated rings. The summed E-state index contributed by atoms with van der Waals surface area (Å²) in [6.07, 6.45) is 4.82. The zero-order chi connectivity index (χ0) is 21.7. The molecule has 0 aliphatic carbocycles. The minimum absolute atomic E-state index is 0.454. The smallest absolute Gasteiger partial charge is 0.119 e. The van der Waals surface area contributed by atoms with Crippen LogP contribution >= 0.6 is 11.6 Å². The summed E-state index contributed by atoms with van der Waals surface area (Å²) in [6.45, 7) is 5.59. The van der Waals surface area contributed by atoms with Crippen LogP contribution in [0.25, 0.3) is 0 Å². The van der Waals surface area contributed by atoms with Crippen molar-refractivity contribution in [3.8, 4) is 5.75 Å². The summed E-state index contributed by atoms with van der Waals surface area (Å²) in [5.41, 5.74) is 2.73. The molecule has 1 atom stereocenters. The third kappa shape index (κ3) is 5.37. The van der Waals surface area contributed by atoms with Crippen LogP contribution in [0.2, 0.25) is 5.02 Å². The SMILES string of the molecule is Cc1ccc(C(O)(Cc2ccc(Cl)cc2)c2ccc(OCCN3CC=CC3)cc2)cc1. The van der Waals surface area contributed by atoms with Crippen molar-refractivity contribution in [2.45, 2.75) is 18.9 Å². The maximum Gasteiger partial charge on any atom is 0.119 e. The number of aliphatic hydroxyl groups is 1. The predicted octanol–water partition coefficient (Wildman–Crippen LogP) is 5.38. The van der Waals surface area contributed by atoms with Gasteiger partial charge in [-0.1, -0.05) is 77.8 Å². The first kappa shape index (κ1) is 21.6. The van der Waals surface area contributed by atoms with Crippen LogP contribution in [0, 0.1) is 6.92 Å². The number of rotatable bonds is 8. The van der Waals surface area contributed by atoms with Gasteiger partial charge < -0.3 is 9.84 Å². The van der Waals surface area contributed by atoms with E-state index in [0.29, 0.717) is 18.1 Å². The van der Waals surface area contributed by atoms with E-state index in [1.807, 2.05) is 79.7 Å². The molecular weight excluding hydrogens is 406 g/mol. The maximum atomic E-state index is 11.9. The van der Waals surface area contributed by atoms with E-state index >= 15 is 0 Å². The Morgan fingerprint density at radius 2 is 1.45 bits per heavy atom. The Hall–Kier alpha value is -2.59. The average Bonchev–Trinajstić information content (AvgIpc) is 3.30. The van der Waals surface area contributed by atoms with E-state index in [4.69, 9.17) is 16.3 Å². The Balaban J connectivity index is 1.54. The topological polar surface area (TPSA) is 32.7 Å². The number of benzene rings is 3. The predicted molar refractivity (Wildman–Crippen MR) is 127 cm³/mol. The lowest BCUT2D eigenvalue weighted by Gasteiger charge is -2.30. The fourth-order valence-corrected chi connectivity index (χ4v) is 4.05. The molecule has 31 heavy (non-hydrogen) atoms. The molecule has 4 heteroatoms. The first-order chi connectivity index (χ1) is 15.0. The Morgan fingerprint density at radius 3 is 2.06 bits per heavy atom. The maximum absolute atomic E-state index is 11.9. The lowest BCUT2D eigenvalue weighted by molar-refractivity contribution is 0.0810. The van der Waals surface area contributed by atoms with Gasteiger partial charge in [-0.05, 0) is 47.9 Å². The molecule has 3 aromatic rings. The minimum Gasteiger partial charge on any atom is -0.492 e. The molecule has 0 bridgehead atoms. The summed E-state index contributed by atoms with van der Waals surface area (Å²) >= 11 is 6.05. The minimum atomic E-state index is -1.15. The first-order valence-electron chi connectivity index (χ1n) is 10.7. The molecule has 1 heterocycles. The summed E-state index contributed by atoms with van der Waals surface area (Å²) in [4.78, 5) is 2.33. The van der Waals surface area contributed by atoms with Gasteiger partial charge in [0.05, 0.1) is 0 Å². The van der Waals surface area contributed by atoms with Gasteiger partial charge in [0.2, 0.25) is 0 Å². The third-order valence-electron chi connectivity index (χ3n) is 5.80. The summed E-state index contributed by atoms with van der Waals surface area (Å²) in [5, 5.41) is 12.6. The van der Waals surface area contributed by atoms with Crippen LogP contribution in [0.15, 0.2) is 84.9 Å². The van der Waals surface area contributed by atoms with E-state index in [1.54, 1.807) is 0 Å². The van der Waals surface area contributed by atoms with Crippen LogP contribution in [0.4, 0.5) is 0 Å². The van der Waals surface area contributed by atoms with Gasteiger partial charge in [0.25, 0.3) is 0 Å². The largest absolute Gasteiger partial charge is 0.492 e. The van der Waals surface area contributed by atoms with Gasteiger partial charge in [-0.15, -0.1) is 0 Å². The van der Waals surface area contributed by atoms with Crippen molar-refractivity contribution < 1.29 is 9.84 Å². The van der Waals surface area contributed by atoms with Gasteiger partial charge in [0.1, 0.15) is 18.0 Å². The van der Waals surface area contributed by atoms with Crippen LogP contribution < -0.4 is 4.74 Å². The number of halogens is 1. The lowest BCUT2D eigenvalue weighted by Crippen LogP contribution is -2.30. The van der Waals surface area contributed by atoms with Crippen LogP contribution in [-0.4, -0.2) is 36.2 Å². The Labute approximate surface area is 189 Å². The number of hydrogen-bond donors (Lipinski definition) is 1. The highest BCUT2D eigenvalue weighted by atomic mass is 35.5. The molecule has 3 nitrogen and oxygen atoms in total. The highest BCUT2D eigenvalue weighted by Crippen LogP contribution is 2.34. The molecule has 4 rings (SSSR count). The van der Waals surface area contributed by atoms with E-state index in [1.165, 1.54) is 0 Å². The zero-order valence-electron chi connectivity index (χ0n) is 17.8. The number of ether oxygens (including phenoxy) is 1. The van der Waals surface area contributed by atoms with Crippen molar-refractivity contribution in [1.29, 1.82) is 0 Å². The Kier molecular flexibility index (Phi) is 6.77. The molecule has 160 valence electrons. The normalized spacial score (nSPS) is 15.7. The zero-order valence-corrected chi connectivity index (χ0v) is 18.6. The third-order valence-corrected chi connectivity index (χ3v) is 6.06. The second-order valence-electron chi connectivity index (χ2n) is 8.13. The van der Waals surface area contributed by atoms with E-state index in [2.05, 4.69) is 17.1 Å². The molecule has 0 radical (unpaired) electrons. The highest BCUT2D eigenvalue weighted by Gasteiger charge is 2.32. The Morgan fingerprint density at radius 1 is 0.871 bits per heavy atom. The van der Waals surface area contributed by atoms with Crippen LogP contribution in [0.3, 0.4) is 0 Å². The van der Waals surface area contributed by atoms with Gasteiger partial charge in [-0.2, -0.15) is 0 Å². The summed E-state index contributed by atoms with van der Waals surface area (Å²) < 4.78 is 5.92. The van der Waals surface area contributed by atoms with E-state index < -0.39 is 5.60 Å². The van der Waals surface area contributed by atoms with Crippen LogP contribution in [-0.2, 0) is 12.0 Å². The van der Waals surface area contributed by atoms with E-state index in [0.717, 1.165) is 47.6 Å². The molecule has 0 aromatic heterocycles. The number of hydrogen-bond acceptors (Lipinski definition) is 3. The molecule has 0 saturated heterocycles. The fourth-order valence-electron chi connectivity index (χ4n) is 3.92. The Bertz CT molecular complexity index is 1000. The molecule has 0 spiro atoms. The number of nitrogens with zero attached hydrogens (tertiary/aromatic N) is 1. The summed E-state index contributed by atoms with van der Waals surface area (Å²) in [7, 11) is 0. The molecule has 1 N–H and O–H groups in total. The van der Waals surface area contributed by atoms with Crippen molar-refractivity contribution in [2.24, 2.45) is 0 Å². The van der Waals surface area contributed by atoms with Crippen molar-refractivity contribution in [3.05, 3.63) is 112 Å². The average molecular weight is 434 g/mol. The first-order valence-corrected chi connectivity index (χ1v) is 11.1. The van der Waals surface area contributed by atoms with Gasteiger partial charge in [-0.3, -0.25) is 4.90 Å². The highest BCUT2D eigenvalue weighted by molar-refractivity contribution is 6.30. The van der Waals surface area contributed by atoms with Gasteiger partial charge in [0, 0.05) is 31.1 Å².